The van der Waals surface area contributed by atoms with Gasteiger partial charge in [-0.05, 0) is 51.7 Å². The Balaban J connectivity index is 1.45. The average molecular weight is 422 g/mol. The summed E-state index contributed by atoms with van der Waals surface area (Å²) in [6.07, 6.45) is 8.36. The molecule has 2 aromatic heterocycles. The summed E-state index contributed by atoms with van der Waals surface area (Å²) < 4.78 is 13.9. The molecule has 162 valence electrons. The van der Waals surface area contributed by atoms with Gasteiger partial charge in [-0.1, -0.05) is 0 Å². The third-order valence-corrected chi connectivity index (χ3v) is 5.87. The number of anilines is 1. The van der Waals surface area contributed by atoms with E-state index in [-0.39, 0.29) is 23.7 Å². The van der Waals surface area contributed by atoms with Crippen LogP contribution in [0.15, 0.2) is 36.8 Å². The van der Waals surface area contributed by atoms with E-state index >= 15 is 0 Å². The molecule has 2 N–H and O–H groups in total. The van der Waals surface area contributed by atoms with Crippen LogP contribution < -0.4 is 14.8 Å². The number of rotatable bonds is 4. The lowest BCUT2D eigenvalue weighted by molar-refractivity contribution is 0.0665. The summed E-state index contributed by atoms with van der Waals surface area (Å²) in [6.45, 7) is 4.08. The normalized spacial score (nSPS) is 22.0. The van der Waals surface area contributed by atoms with Crippen LogP contribution >= 0.6 is 0 Å². The van der Waals surface area contributed by atoms with Crippen molar-refractivity contribution in [3.8, 4) is 11.5 Å². The number of fused-ring (bicyclic) bond motifs is 2. The summed E-state index contributed by atoms with van der Waals surface area (Å²) in [4.78, 5) is 17.3. The standard InChI is InChI=1S/C23H26N4O4/c1-23(2)12-14-10-18(26-22(29)17-13-25-27-9-3-8-24-21(17)27)20(11-19(14)31-23)30-16-6-4-15(28)5-7-16/h3,8-11,13,15-16,28H,4-7,12H2,1-2H3,(H,26,29)/t15-,16-. The Labute approximate surface area is 180 Å². The van der Waals surface area contributed by atoms with E-state index < -0.39 is 0 Å². The van der Waals surface area contributed by atoms with Crippen molar-refractivity contribution in [3.63, 3.8) is 0 Å². The van der Waals surface area contributed by atoms with Crippen molar-refractivity contribution in [1.29, 1.82) is 0 Å². The molecule has 1 saturated carbocycles. The third kappa shape index (κ3) is 3.95. The minimum absolute atomic E-state index is 0.00911. The second-order valence-corrected chi connectivity index (χ2v) is 8.94. The van der Waals surface area contributed by atoms with E-state index in [4.69, 9.17) is 9.47 Å². The largest absolute Gasteiger partial charge is 0.488 e. The molecule has 0 saturated heterocycles. The maximum absolute atomic E-state index is 13.1. The van der Waals surface area contributed by atoms with Gasteiger partial charge >= 0.3 is 0 Å². The predicted octanol–water partition coefficient (Wildman–Crippen LogP) is 3.38. The monoisotopic (exact) mass is 422 g/mol. The quantitative estimate of drug-likeness (QED) is 0.669. The molecule has 0 atom stereocenters. The molecular weight excluding hydrogens is 396 g/mol. The SMILES string of the molecule is CC1(C)Cc2cc(NC(=O)c3cnn4cccnc34)c(O[C@H]3CC[C@H](O)CC3)cc2O1. The Bertz CT molecular complexity index is 1130. The Kier molecular flexibility index (Phi) is 4.81. The van der Waals surface area contributed by atoms with Gasteiger partial charge < -0.3 is 19.9 Å². The highest BCUT2D eigenvalue weighted by molar-refractivity contribution is 6.08. The number of nitrogens with one attached hydrogen (secondary N) is 1. The molecule has 0 unspecified atom stereocenters. The van der Waals surface area contributed by atoms with Crippen LogP contribution in [0.4, 0.5) is 5.69 Å². The van der Waals surface area contributed by atoms with Crippen LogP contribution in [0.2, 0.25) is 0 Å². The smallest absolute Gasteiger partial charge is 0.261 e. The fourth-order valence-corrected chi connectivity index (χ4v) is 4.35. The molecule has 3 heterocycles. The second-order valence-electron chi connectivity index (χ2n) is 8.94. The van der Waals surface area contributed by atoms with E-state index in [1.807, 2.05) is 26.0 Å². The number of hydrogen-bond acceptors (Lipinski definition) is 6. The van der Waals surface area contributed by atoms with Gasteiger partial charge in [-0.3, -0.25) is 4.79 Å². The topological polar surface area (TPSA) is 98.0 Å². The Hall–Kier alpha value is -3.13. The zero-order valence-electron chi connectivity index (χ0n) is 17.7. The van der Waals surface area contributed by atoms with Crippen LogP contribution in [0.1, 0.15) is 55.5 Å². The van der Waals surface area contributed by atoms with Crippen LogP contribution in [0.25, 0.3) is 5.65 Å². The van der Waals surface area contributed by atoms with Crippen LogP contribution in [0.5, 0.6) is 11.5 Å². The molecule has 1 fully saturated rings. The summed E-state index contributed by atoms with van der Waals surface area (Å²) in [5.41, 5.74) is 2.22. The zero-order valence-corrected chi connectivity index (χ0v) is 17.7. The first-order valence-electron chi connectivity index (χ1n) is 10.7. The number of aromatic nitrogens is 3. The number of amides is 1. The maximum atomic E-state index is 13.1. The minimum Gasteiger partial charge on any atom is -0.488 e. The summed E-state index contributed by atoms with van der Waals surface area (Å²) in [7, 11) is 0. The molecule has 31 heavy (non-hydrogen) atoms. The summed E-state index contributed by atoms with van der Waals surface area (Å²) in [5.74, 6) is 1.07. The number of nitrogens with zero attached hydrogens (tertiary/aromatic N) is 3. The first-order valence-corrected chi connectivity index (χ1v) is 10.7. The Morgan fingerprint density at radius 2 is 2.10 bits per heavy atom. The average Bonchev–Trinajstić information content (AvgIpc) is 3.29. The molecule has 1 aliphatic carbocycles. The van der Waals surface area contributed by atoms with Crippen molar-refractivity contribution in [1.82, 2.24) is 14.6 Å². The van der Waals surface area contributed by atoms with Gasteiger partial charge in [0.2, 0.25) is 0 Å². The second kappa shape index (κ2) is 7.53. The molecule has 8 nitrogen and oxygen atoms in total. The number of aliphatic hydroxyl groups is 1. The van der Waals surface area contributed by atoms with Gasteiger partial charge in [-0.15, -0.1) is 0 Å². The predicted molar refractivity (Wildman–Crippen MR) is 115 cm³/mol. The number of carbonyl (C=O) groups excluding carboxylic acids is 1. The third-order valence-electron chi connectivity index (χ3n) is 5.87. The lowest BCUT2D eigenvalue weighted by atomic mass is 9.95. The van der Waals surface area contributed by atoms with E-state index in [0.29, 0.717) is 22.6 Å². The molecule has 1 amide bonds. The first-order chi connectivity index (χ1) is 14.9. The van der Waals surface area contributed by atoms with E-state index in [1.54, 1.807) is 23.0 Å². The van der Waals surface area contributed by atoms with Gasteiger partial charge in [0.25, 0.3) is 5.91 Å². The molecule has 5 rings (SSSR count). The van der Waals surface area contributed by atoms with Crippen LogP contribution in [0.3, 0.4) is 0 Å². The van der Waals surface area contributed by atoms with E-state index in [0.717, 1.165) is 43.4 Å². The van der Waals surface area contributed by atoms with Gasteiger partial charge in [0.15, 0.2) is 5.65 Å². The number of aliphatic hydroxyl groups excluding tert-OH is 1. The molecular formula is C23H26N4O4. The first kappa shape index (κ1) is 19.8. The van der Waals surface area contributed by atoms with E-state index in [1.165, 1.54) is 6.20 Å². The van der Waals surface area contributed by atoms with Gasteiger partial charge in [0.1, 0.15) is 22.7 Å². The summed E-state index contributed by atoms with van der Waals surface area (Å²) in [6, 6.07) is 5.57. The van der Waals surface area contributed by atoms with Crippen LogP contribution in [-0.4, -0.2) is 43.4 Å². The van der Waals surface area contributed by atoms with Crippen molar-refractivity contribution >= 4 is 17.2 Å². The van der Waals surface area contributed by atoms with Crippen LogP contribution in [0, 0.1) is 0 Å². The number of ether oxygens (including phenoxy) is 2. The zero-order chi connectivity index (χ0) is 21.6. The maximum Gasteiger partial charge on any atom is 0.261 e. The molecule has 1 aliphatic heterocycles. The fraction of sp³-hybridized carbons (Fsp3) is 0.435. The molecule has 0 radical (unpaired) electrons. The Morgan fingerprint density at radius 1 is 1.29 bits per heavy atom. The molecule has 8 heteroatoms. The lowest BCUT2D eigenvalue weighted by Crippen LogP contribution is -2.27. The van der Waals surface area contributed by atoms with Crippen molar-refractivity contribution in [2.45, 2.75) is 63.8 Å². The highest BCUT2D eigenvalue weighted by Crippen LogP contribution is 2.42. The van der Waals surface area contributed by atoms with Crippen molar-refractivity contribution in [2.24, 2.45) is 0 Å². The van der Waals surface area contributed by atoms with Gasteiger partial charge in [-0.25, -0.2) is 9.50 Å². The summed E-state index contributed by atoms with van der Waals surface area (Å²) in [5, 5.41) is 17.0. The van der Waals surface area contributed by atoms with Crippen molar-refractivity contribution in [2.75, 3.05) is 5.32 Å². The highest BCUT2D eigenvalue weighted by Gasteiger charge is 2.32. The van der Waals surface area contributed by atoms with Crippen LogP contribution in [-0.2, 0) is 6.42 Å². The minimum atomic E-state index is -0.302. The highest BCUT2D eigenvalue weighted by atomic mass is 16.5. The van der Waals surface area contributed by atoms with E-state index in [9.17, 15) is 9.90 Å². The van der Waals surface area contributed by atoms with Crippen molar-refractivity contribution < 1.29 is 19.4 Å². The lowest BCUT2D eigenvalue weighted by Gasteiger charge is -2.27. The molecule has 2 aliphatic rings. The molecule has 0 spiro atoms. The van der Waals surface area contributed by atoms with Crippen molar-refractivity contribution in [3.05, 3.63) is 47.9 Å². The fourth-order valence-electron chi connectivity index (χ4n) is 4.35. The molecule has 1 aromatic carbocycles. The number of benzene rings is 1. The van der Waals surface area contributed by atoms with Gasteiger partial charge in [-0.2, -0.15) is 5.10 Å². The Morgan fingerprint density at radius 3 is 2.90 bits per heavy atom. The molecule has 3 aromatic rings. The number of hydrogen-bond donors (Lipinski definition) is 2. The molecule has 0 bridgehead atoms. The van der Waals surface area contributed by atoms with Gasteiger partial charge in [0, 0.05) is 30.4 Å². The summed E-state index contributed by atoms with van der Waals surface area (Å²) >= 11 is 0. The van der Waals surface area contributed by atoms with E-state index in [2.05, 4.69) is 15.4 Å². The number of carbonyl (C=O) groups is 1. The van der Waals surface area contributed by atoms with Gasteiger partial charge in [0.05, 0.1) is 24.1 Å².